The molecule has 2 aliphatic rings. The van der Waals surface area contributed by atoms with Crippen LogP contribution in [0.15, 0.2) is 18.2 Å². The summed E-state index contributed by atoms with van der Waals surface area (Å²) in [6.07, 6.45) is 2.63. The molecule has 1 N–H and O–H groups in total. The third-order valence-electron chi connectivity index (χ3n) is 5.50. The van der Waals surface area contributed by atoms with E-state index in [1.165, 1.54) is 0 Å². The highest BCUT2D eigenvalue weighted by Gasteiger charge is 2.29. The monoisotopic (exact) mass is 358 g/mol. The standard InChI is InChI=1S/C19H26N4O3/c1-21-17-5-4-14(18(25)23-7-2-3-15(23)6-10-24)13-16(17)20-19(21)22-8-11-26-12-9-22/h4-5,13,15,24H,2-3,6-12H2,1H3/t15-/m1/s1. The topological polar surface area (TPSA) is 70.8 Å². The highest BCUT2D eigenvalue weighted by molar-refractivity contribution is 5.98. The molecule has 1 aromatic carbocycles. The van der Waals surface area contributed by atoms with Crippen LogP contribution < -0.4 is 4.90 Å². The average Bonchev–Trinajstić information content (AvgIpc) is 3.26. The van der Waals surface area contributed by atoms with Gasteiger partial charge in [-0.3, -0.25) is 4.79 Å². The van der Waals surface area contributed by atoms with E-state index in [1.807, 2.05) is 30.1 Å². The van der Waals surface area contributed by atoms with Crippen LogP contribution in [0, 0.1) is 0 Å². The van der Waals surface area contributed by atoms with Crippen molar-refractivity contribution in [3.8, 4) is 0 Å². The minimum absolute atomic E-state index is 0.0430. The van der Waals surface area contributed by atoms with Crippen LogP contribution in [0.5, 0.6) is 0 Å². The van der Waals surface area contributed by atoms with Gasteiger partial charge in [-0.15, -0.1) is 0 Å². The molecule has 0 bridgehead atoms. The summed E-state index contributed by atoms with van der Waals surface area (Å²) in [5, 5.41) is 9.23. The summed E-state index contributed by atoms with van der Waals surface area (Å²) in [5.74, 6) is 0.966. The van der Waals surface area contributed by atoms with Crippen LogP contribution in [0.1, 0.15) is 29.6 Å². The lowest BCUT2D eigenvalue weighted by Gasteiger charge is -2.27. The van der Waals surface area contributed by atoms with Crippen molar-refractivity contribution < 1.29 is 14.6 Å². The number of fused-ring (bicyclic) bond motifs is 1. The number of imidazole rings is 1. The molecule has 0 spiro atoms. The highest BCUT2D eigenvalue weighted by atomic mass is 16.5. The average molecular weight is 358 g/mol. The number of nitrogens with zero attached hydrogens (tertiary/aromatic N) is 4. The number of likely N-dealkylation sites (tertiary alicyclic amines) is 1. The summed E-state index contributed by atoms with van der Waals surface area (Å²) >= 11 is 0. The summed E-state index contributed by atoms with van der Waals surface area (Å²) < 4.78 is 7.51. The van der Waals surface area contributed by atoms with Crippen LogP contribution in [-0.2, 0) is 11.8 Å². The van der Waals surface area contributed by atoms with Crippen molar-refractivity contribution in [2.24, 2.45) is 7.05 Å². The lowest BCUT2D eigenvalue weighted by Crippen LogP contribution is -2.37. The van der Waals surface area contributed by atoms with E-state index in [4.69, 9.17) is 9.72 Å². The molecule has 0 radical (unpaired) electrons. The SMILES string of the molecule is Cn1c(N2CCOCC2)nc2cc(C(=O)N3CCC[C@@H]3CCO)ccc21. The first-order chi connectivity index (χ1) is 12.7. The summed E-state index contributed by atoms with van der Waals surface area (Å²) in [7, 11) is 2.01. The van der Waals surface area contributed by atoms with Crippen molar-refractivity contribution in [2.75, 3.05) is 44.4 Å². The van der Waals surface area contributed by atoms with Crippen LogP contribution in [0.25, 0.3) is 11.0 Å². The molecule has 1 amide bonds. The van der Waals surface area contributed by atoms with Crippen LogP contribution in [0.3, 0.4) is 0 Å². The van der Waals surface area contributed by atoms with E-state index in [0.29, 0.717) is 25.2 Å². The van der Waals surface area contributed by atoms with E-state index in [9.17, 15) is 9.90 Å². The zero-order chi connectivity index (χ0) is 18.1. The largest absolute Gasteiger partial charge is 0.396 e. The fraction of sp³-hybridized carbons (Fsp3) is 0.579. The number of morpholine rings is 1. The van der Waals surface area contributed by atoms with Crippen LogP contribution in [0.2, 0.25) is 0 Å². The lowest BCUT2D eigenvalue weighted by molar-refractivity contribution is 0.0716. The smallest absolute Gasteiger partial charge is 0.254 e. The van der Waals surface area contributed by atoms with Crippen molar-refractivity contribution in [3.63, 3.8) is 0 Å². The molecule has 0 saturated carbocycles. The number of ether oxygens (including phenoxy) is 1. The van der Waals surface area contributed by atoms with Gasteiger partial charge in [0.1, 0.15) is 0 Å². The van der Waals surface area contributed by atoms with Gasteiger partial charge in [0.15, 0.2) is 0 Å². The van der Waals surface area contributed by atoms with Crippen LogP contribution >= 0.6 is 0 Å². The number of amides is 1. The summed E-state index contributed by atoms with van der Waals surface area (Å²) in [6.45, 7) is 3.99. The van der Waals surface area contributed by atoms with E-state index in [1.54, 1.807) is 0 Å². The molecule has 26 heavy (non-hydrogen) atoms. The third kappa shape index (κ3) is 3.05. The normalized spacial score (nSPS) is 20.9. The molecule has 2 saturated heterocycles. The molecule has 7 nitrogen and oxygen atoms in total. The maximum atomic E-state index is 13.0. The number of hydrogen-bond donors (Lipinski definition) is 1. The minimum atomic E-state index is 0.0430. The second-order valence-electron chi connectivity index (χ2n) is 7.08. The number of carbonyl (C=O) groups is 1. The first-order valence-electron chi connectivity index (χ1n) is 9.40. The van der Waals surface area contributed by atoms with E-state index < -0.39 is 0 Å². The first-order valence-corrected chi connectivity index (χ1v) is 9.40. The van der Waals surface area contributed by atoms with E-state index in [-0.39, 0.29) is 18.6 Å². The number of anilines is 1. The summed E-state index contributed by atoms with van der Waals surface area (Å²) in [4.78, 5) is 21.9. The van der Waals surface area contributed by atoms with Crippen molar-refractivity contribution in [2.45, 2.75) is 25.3 Å². The predicted octanol–water partition coefficient (Wildman–Crippen LogP) is 1.40. The second-order valence-corrected chi connectivity index (χ2v) is 7.08. The Morgan fingerprint density at radius 2 is 2.12 bits per heavy atom. The Morgan fingerprint density at radius 3 is 2.88 bits per heavy atom. The Hall–Kier alpha value is -2.12. The van der Waals surface area contributed by atoms with E-state index in [0.717, 1.165) is 49.5 Å². The van der Waals surface area contributed by atoms with Crippen LogP contribution in [-0.4, -0.2) is 71.0 Å². The van der Waals surface area contributed by atoms with Gasteiger partial charge in [-0.1, -0.05) is 0 Å². The summed E-state index contributed by atoms with van der Waals surface area (Å²) in [6, 6.07) is 5.92. The molecule has 2 fully saturated rings. The number of carbonyl (C=O) groups excluding carboxylic acids is 1. The molecule has 7 heteroatoms. The van der Waals surface area contributed by atoms with Crippen LogP contribution in [0.4, 0.5) is 5.95 Å². The summed E-state index contributed by atoms with van der Waals surface area (Å²) in [5.41, 5.74) is 2.54. The zero-order valence-electron chi connectivity index (χ0n) is 15.2. The Bertz CT molecular complexity index is 797. The molecule has 2 aromatic rings. The van der Waals surface area contributed by atoms with E-state index in [2.05, 4.69) is 9.47 Å². The Labute approximate surface area is 153 Å². The van der Waals surface area contributed by atoms with Gasteiger partial charge in [-0.25, -0.2) is 4.98 Å². The molecular weight excluding hydrogens is 332 g/mol. The zero-order valence-corrected chi connectivity index (χ0v) is 15.2. The van der Waals surface area contributed by atoms with Gasteiger partial charge in [0.2, 0.25) is 5.95 Å². The number of benzene rings is 1. The van der Waals surface area contributed by atoms with Gasteiger partial charge < -0.3 is 24.2 Å². The van der Waals surface area contributed by atoms with E-state index >= 15 is 0 Å². The van der Waals surface area contributed by atoms with Crippen molar-refractivity contribution >= 4 is 22.9 Å². The minimum Gasteiger partial charge on any atom is -0.396 e. The van der Waals surface area contributed by atoms with Crippen molar-refractivity contribution in [1.82, 2.24) is 14.5 Å². The molecule has 3 heterocycles. The molecule has 1 atom stereocenters. The van der Waals surface area contributed by atoms with Crippen molar-refractivity contribution in [1.29, 1.82) is 0 Å². The maximum Gasteiger partial charge on any atom is 0.254 e. The molecule has 4 rings (SSSR count). The molecule has 2 aliphatic heterocycles. The third-order valence-corrected chi connectivity index (χ3v) is 5.50. The molecule has 1 aromatic heterocycles. The number of aliphatic hydroxyl groups excluding tert-OH is 1. The van der Waals surface area contributed by atoms with Gasteiger partial charge in [-0.2, -0.15) is 0 Å². The first kappa shape index (κ1) is 17.3. The number of aryl methyl sites for hydroxylation is 1. The fourth-order valence-corrected chi connectivity index (χ4v) is 4.08. The van der Waals surface area contributed by atoms with Crippen molar-refractivity contribution in [3.05, 3.63) is 23.8 Å². The Kier molecular flexibility index (Phi) is 4.82. The van der Waals surface area contributed by atoms with Gasteiger partial charge in [0, 0.05) is 44.9 Å². The lowest BCUT2D eigenvalue weighted by atomic mass is 10.1. The quantitative estimate of drug-likeness (QED) is 0.895. The number of rotatable bonds is 4. The molecular formula is C19H26N4O3. The molecule has 140 valence electrons. The molecule has 0 aliphatic carbocycles. The second kappa shape index (κ2) is 7.25. The number of aliphatic hydroxyl groups is 1. The van der Waals surface area contributed by atoms with Gasteiger partial charge in [0.05, 0.1) is 24.2 Å². The fourth-order valence-electron chi connectivity index (χ4n) is 4.08. The van der Waals surface area contributed by atoms with Gasteiger partial charge in [0.25, 0.3) is 5.91 Å². The predicted molar refractivity (Wildman–Crippen MR) is 99.5 cm³/mol. The Balaban J connectivity index is 1.62. The van der Waals surface area contributed by atoms with Gasteiger partial charge in [-0.05, 0) is 37.5 Å². The number of aromatic nitrogens is 2. The van der Waals surface area contributed by atoms with Gasteiger partial charge >= 0.3 is 0 Å². The molecule has 0 unspecified atom stereocenters. The number of hydrogen-bond acceptors (Lipinski definition) is 5. The Morgan fingerprint density at radius 1 is 1.31 bits per heavy atom. The highest BCUT2D eigenvalue weighted by Crippen LogP contribution is 2.26. The maximum absolute atomic E-state index is 13.0.